The molecule has 0 amide bonds. The van der Waals surface area contributed by atoms with Crippen molar-refractivity contribution in [3.8, 4) is 0 Å². The number of aliphatic hydroxyl groups excluding tert-OH is 3. The number of nitrogens with zero attached hydrogens (tertiary/aromatic N) is 3. The fourth-order valence-corrected chi connectivity index (χ4v) is 2.51. The van der Waals surface area contributed by atoms with E-state index in [1.807, 2.05) is 6.92 Å². The van der Waals surface area contributed by atoms with Crippen LogP contribution in [0.2, 0.25) is 0 Å². The molecule has 1 aliphatic heterocycles. The SMILES string of the molecule is CCS[C@H]1O[C@H](CO)[C@@H](O)[C@H](O)[C@@H]1N=[N+]=[N-]. The van der Waals surface area contributed by atoms with E-state index in [-0.39, 0.29) is 6.61 Å². The normalized spacial score (nSPS) is 39.1. The molecule has 1 aliphatic rings. The quantitative estimate of drug-likeness (QED) is 0.364. The minimum absolute atomic E-state index is 0.387. The van der Waals surface area contributed by atoms with E-state index in [2.05, 4.69) is 10.0 Å². The predicted molar refractivity (Wildman–Crippen MR) is 58.8 cm³/mol. The van der Waals surface area contributed by atoms with Gasteiger partial charge in [0, 0.05) is 4.91 Å². The van der Waals surface area contributed by atoms with Crippen LogP contribution in [0.5, 0.6) is 0 Å². The Morgan fingerprint density at radius 2 is 2.12 bits per heavy atom. The monoisotopic (exact) mass is 249 g/mol. The van der Waals surface area contributed by atoms with E-state index in [4.69, 9.17) is 15.4 Å². The van der Waals surface area contributed by atoms with Gasteiger partial charge in [0.25, 0.3) is 0 Å². The smallest absolute Gasteiger partial charge is 0.114 e. The lowest BCUT2D eigenvalue weighted by Gasteiger charge is -2.40. The van der Waals surface area contributed by atoms with Crippen molar-refractivity contribution in [1.82, 2.24) is 0 Å². The van der Waals surface area contributed by atoms with Gasteiger partial charge in [0.2, 0.25) is 0 Å². The zero-order valence-electron chi connectivity index (χ0n) is 8.80. The van der Waals surface area contributed by atoms with Gasteiger partial charge in [-0.2, -0.15) is 0 Å². The summed E-state index contributed by atoms with van der Waals surface area (Å²) in [4.78, 5) is 2.63. The van der Waals surface area contributed by atoms with Crippen LogP contribution in [-0.4, -0.2) is 57.5 Å². The first-order chi connectivity index (χ1) is 7.65. The van der Waals surface area contributed by atoms with Gasteiger partial charge in [-0.1, -0.05) is 12.0 Å². The Balaban J connectivity index is 2.83. The van der Waals surface area contributed by atoms with E-state index in [1.165, 1.54) is 11.8 Å². The van der Waals surface area contributed by atoms with Crippen molar-refractivity contribution in [3.63, 3.8) is 0 Å². The second-order valence-electron chi connectivity index (χ2n) is 3.36. The average Bonchev–Trinajstić information content (AvgIpc) is 2.28. The van der Waals surface area contributed by atoms with Gasteiger partial charge in [-0.3, -0.25) is 0 Å². The fourth-order valence-electron chi connectivity index (χ4n) is 1.55. The summed E-state index contributed by atoms with van der Waals surface area (Å²) in [6.45, 7) is 1.51. The van der Waals surface area contributed by atoms with Gasteiger partial charge in [-0.05, 0) is 11.3 Å². The number of hydrogen-bond acceptors (Lipinski definition) is 6. The summed E-state index contributed by atoms with van der Waals surface area (Å²) >= 11 is 1.36. The molecule has 92 valence electrons. The summed E-state index contributed by atoms with van der Waals surface area (Å²) in [5.74, 6) is 0.711. The van der Waals surface area contributed by atoms with E-state index in [9.17, 15) is 10.2 Å². The fraction of sp³-hybridized carbons (Fsp3) is 1.00. The summed E-state index contributed by atoms with van der Waals surface area (Å²) in [5, 5.41) is 31.7. The molecule has 0 saturated carbocycles. The zero-order valence-corrected chi connectivity index (χ0v) is 9.62. The molecule has 7 nitrogen and oxygen atoms in total. The van der Waals surface area contributed by atoms with Gasteiger partial charge in [0.15, 0.2) is 0 Å². The van der Waals surface area contributed by atoms with Gasteiger partial charge in [0.1, 0.15) is 23.7 Å². The van der Waals surface area contributed by atoms with Crippen LogP contribution in [0.1, 0.15) is 6.92 Å². The molecule has 0 aromatic carbocycles. The van der Waals surface area contributed by atoms with Crippen LogP contribution >= 0.6 is 11.8 Å². The Hall–Kier alpha value is -0.500. The third-order valence-corrected chi connectivity index (χ3v) is 3.42. The summed E-state index contributed by atoms with van der Waals surface area (Å²) in [7, 11) is 0. The van der Waals surface area contributed by atoms with E-state index in [1.54, 1.807) is 0 Å². The van der Waals surface area contributed by atoms with Crippen molar-refractivity contribution in [2.24, 2.45) is 5.11 Å². The Bertz CT molecular complexity index is 274. The van der Waals surface area contributed by atoms with Gasteiger partial charge in [-0.25, -0.2) is 0 Å². The van der Waals surface area contributed by atoms with E-state index >= 15 is 0 Å². The minimum atomic E-state index is -1.24. The molecule has 0 aromatic rings. The van der Waals surface area contributed by atoms with Crippen LogP contribution in [0.3, 0.4) is 0 Å². The molecule has 0 aromatic heterocycles. The van der Waals surface area contributed by atoms with Crippen LogP contribution in [0.25, 0.3) is 10.4 Å². The first-order valence-corrected chi connectivity index (χ1v) is 5.98. The first-order valence-electron chi connectivity index (χ1n) is 4.94. The molecule has 16 heavy (non-hydrogen) atoms. The number of ether oxygens (including phenoxy) is 1. The number of rotatable bonds is 4. The highest BCUT2D eigenvalue weighted by Crippen LogP contribution is 2.30. The Morgan fingerprint density at radius 1 is 1.44 bits per heavy atom. The van der Waals surface area contributed by atoms with Gasteiger partial charge in [0.05, 0.1) is 12.7 Å². The molecule has 8 heteroatoms. The van der Waals surface area contributed by atoms with Gasteiger partial charge in [-0.15, -0.1) is 11.8 Å². The molecule has 0 bridgehead atoms. The number of hydrogen-bond donors (Lipinski definition) is 3. The van der Waals surface area contributed by atoms with Crippen molar-refractivity contribution >= 4 is 11.8 Å². The van der Waals surface area contributed by atoms with E-state index in [0.29, 0.717) is 5.75 Å². The highest BCUT2D eigenvalue weighted by molar-refractivity contribution is 7.99. The topological polar surface area (TPSA) is 119 Å². The summed E-state index contributed by atoms with van der Waals surface area (Å²) in [6, 6.07) is -0.840. The molecule has 1 fully saturated rings. The lowest BCUT2D eigenvalue weighted by atomic mass is 9.99. The molecule has 0 radical (unpaired) electrons. The van der Waals surface area contributed by atoms with Crippen LogP contribution in [0.4, 0.5) is 0 Å². The van der Waals surface area contributed by atoms with Crippen LogP contribution in [0, 0.1) is 0 Å². The zero-order chi connectivity index (χ0) is 12.1. The molecular formula is C8H15N3O4S. The molecule has 1 saturated heterocycles. The Labute approximate surface area is 97.0 Å². The van der Waals surface area contributed by atoms with E-state index in [0.717, 1.165) is 0 Å². The van der Waals surface area contributed by atoms with Crippen molar-refractivity contribution in [1.29, 1.82) is 0 Å². The Kier molecular flexibility index (Phi) is 5.33. The van der Waals surface area contributed by atoms with E-state index < -0.39 is 29.8 Å². The lowest BCUT2D eigenvalue weighted by molar-refractivity contribution is -0.165. The maximum atomic E-state index is 9.75. The molecule has 3 N–H and O–H groups in total. The Morgan fingerprint density at radius 3 is 2.62 bits per heavy atom. The first kappa shape index (κ1) is 13.6. The highest BCUT2D eigenvalue weighted by Gasteiger charge is 2.43. The van der Waals surface area contributed by atoms with Crippen molar-refractivity contribution in [2.45, 2.75) is 36.7 Å². The molecule has 1 heterocycles. The van der Waals surface area contributed by atoms with Gasteiger partial charge >= 0.3 is 0 Å². The summed E-state index contributed by atoms with van der Waals surface area (Å²) in [6.07, 6.45) is -3.30. The minimum Gasteiger partial charge on any atom is -0.394 e. The maximum absolute atomic E-state index is 9.75. The van der Waals surface area contributed by atoms with Gasteiger partial charge < -0.3 is 20.1 Å². The van der Waals surface area contributed by atoms with Crippen LogP contribution in [0.15, 0.2) is 5.11 Å². The molecule has 0 aliphatic carbocycles. The van der Waals surface area contributed by atoms with Crippen molar-refractivity contribution in [2.75, 3.05) is 12.4 Å². The second-order valence-corrected chi connectivity index (χ2v) is 4.73. The molecule has 0 spiro atoms. The van der Waals surface area contributed by atoms with Crippen LogP contribution in [-0.2, 0) is 4.74 Å². The molecule has 5 atom stereocenters. The third-order valence-electron chi connectivity index (χ3n) is 2.36. The maximum Gasteiger partial charge on any atom is 0.114 e. The summed E-state index contributed by atoms with van der Waals surface area (Å²) in [5.41, 5.74) is 7.84. The largest absolute Gasteiger partial charge is 0.394 e. The summed E-state index contributed by atoms with van der Waals surface area (Å²) < 4.78 is 5.36. The average molecular weight is 249 g/mol. The standard InChI is InChI=1S/C8H15N3O4S/c1-2-16-8-5(10-11-9)7(14)6(13)4(3-12)15-8/h4-8,12-14H,2-3H2,1H3/t4-,5+,6-,7-,8-/m1/s1. The number of thioether (sulfide) groups is 1. The third kappa shape index (κ3) is 2.79. The highest BCUT2D eigenvalue weighted by atomic mass is 32.2. The predicted octanol–water partition coefficient (Wildman–Crippen LogP) is -0.143. The van der Waals surface area contributed by atoms with Crippen LogP contribution < -0.4 is 0 Å². The number of azide groups is 1. The van der Waals surface area contributed by atoms with Crippen molar-refractivity contribution < 1.29 is 20.1 Å². The second kappa shape index (κ2) is 6.29. The number of aliphatic hydroxyl groups is 3. The van der Waals surface area contributed by atoms with Crippen molar-refractivity contribution in [3.05, 3.63) is 10.4 Å². The molecule has 0 unspecified atom stereocenters. The molecular weight excluding hydrogens is 234 g/mol. The molecule has 1 rings (SSSR count). The lowest BCUT2D eigenvalue weighted by Crippen LogP contribution is -2.56.